The summed E-state index contributed by atoms with van der Waals surface area (Å²) in [7, 11) is 1.56. The number of nitrogens with two attached hydrogens (primary N) is 1. The van der Waals surface area contributed by atoms with E-state index in [0.717, 1.165) is 18.4 Å². The van der Waals surface area contributed by atoms with Crippen molar-refractivity contribution < 1.29 is 14.3 Å². The van der Waals surface area contributed by atoms with E-state index in [1.807, 2.05) is 6.07 Å². The minimum absolute atomic E-state index is 0.00109. The van der Waals surface area contributed by atoms with Crippen LogP contribution in [0.5, 0.6) is 5.75 Å². The molecule has 1 aliphatic heterocycles. The average Bonchev–Trinajstić information content (AvgIpc) is 2.94. The number of amides is 1. The number of methoxy groups -OCH3 is 1. The lowest BCUT2D eigenvalue weighted by Crippen LogP contribution is -2.35. The maximum absolute atomic E-state index is 12.0. The van der Waals surface area contributed by atoms with Gasteiger partial charge in [0, 0.05) is 13.1 Å². The Bertz CT molecular complexity index is 481. The highest BCUT2D eigenvalue weighted by molar-refractivity contribution is 6.32. The average molecular weight is 299 g/mol. The van der Waals surface area contributed by atoms with Crippen molar-refractivity contribution in [3.05, 3.63) is 28.8 Å². The summed E-state index contributed by atoms with van der Waals surface area (Å²) >= 11 is 6.03. The molecule has 1 saturated heterocycles. The Balaban J connectivity index is 1.86. The van der Waals surface area contributed by atoms with Gasteiger partial charge in [-0.15, -0.1) is 0 Å². The molecule has 1 amide bonds. The first-order valence-corrected chi connectivity index (χ1v) is 6.97. The van der Waals surface area contributed by atoms with Crippen molar-refractivity contribution >= 4 is 17.5 Å². The predicted molar refractivity (Wildman–Crippen MR) is 76.8 cm³/mol. The van der Waals surface area contributed by atoms with Gasteiger partial charge >= 0.3 is 0 Å². The summed E-state index contributed by atoms with van der Waals surface area (Å²) in [5.74, 6) is 0.513. The molecule has 20 heavy (non-hydrogen) atoms. The van der Waals surface area contributed by atoms with E-state index in [-0.39, 0.29) is 12.0 Å². The Kier molecular flexibility index (Phi) is 5.23. The fourth-order valence-electron chi connectivity index (χ4n) is 2.19. The molecular weight excluding hydrogens is 280 g/mol. The maximum Gasteiger partial charge on any atom is 0.249 e. The van der Waals surface area contributed by atoms with E-state index in [1.165, 1.54) is 0 Å². The van der Waals surface area contributed by atoms with E-state index in [4.69, 9.17) is 26.8 Å². The molecule has 0 saturated carbocycles. The molecule has 2 atom stereocenters. The number of carbonyl (C=O) groups is 1. The highest BCUT2D eigenvalue weighted by atomic mass is 35.5. The first-order chi connectivity index (χ1) is 9.63. The number of benzene rings is 1. The molecule has 0 unspecified atom stereocenters. The molecule has 1 heterocycles. The highest BCUT2D eigenvalue weighted by Gasteiger charge is 2.29. The van der Waals surface area contributed by atoms with Gasteiger partial charge in [0.2, 0.25) is 5.91 Å². The van der Waals surface area contributed by atoms with Gasteiger partial charge in [0.05, 0.1) is 18.2 Å². The minimum atomic E-state index is -0.391. The van der Waals surface area contributed by atoms with Gasteiger partial charge in [-0.2, -0.15) is 0 Å². The van der Waals surface area contributed by atoms with Crippen LogP contribution in [0.3, 0.4) is 0 Å². The number of hydrogen-bond acceptors (Lipinski definition) is 4. The van der Waals surface area contributed by atoms with Crippen molar-refractivity contribution in [2.45, 2.75) is 31.6 Å². The van der Waals surface area contributed by atoms with Crippen LogP contribution in [0, 0.1) is 0 Å². The van der Waals surface area contributed by atoms with Gasteiger partial charge in [-0.25, -0.2) is 0 Å². The molecule has 110 valence electrons. The third-order valence-corrected chi connectivity index (χ3v) is 3.64. The number of rotatable bonds is 5. The number of hydrogen-bond donors (Lipinski definition) is 2. The van der Waals surface area contributed by atoms with Crippen molar-refractivity contribution in [2.24, 2.45) is 5.73 Å². The molecule has 0 spiro atoms. The zero-order chi connectivity index (χ0) is 14.5. The Morgan fingerprint density at radius 1 is 1.55 bits per heavy atom. The quantitative estimate of drug-likeness (QED) is 0.863. The van der Waals surface area contributed by atoms with Crippen LogP contribution < -0.4 is 15.8 Å². The Morgan fingerprint density at radius 2 is 2.35 bits per heavy atom. The summed E-state index contributed by atoms with van der Waals surface area (Å²) in [6.07, 6.45) is 1.17. The lowest BCUT2D eigenvalue weighted by molar-refractivity contribution is -0.132. The Hall–Kier alpha value is -1.30. The first-order valence-electron chi connectivity index (χ1n) is 6.59. The molecule has 2 rings (SSSR count). The maximum atomic E-state index is 12.0. The second kappa shape index (κ2) is 6.92. The van der Waals surface area contributed by atoms with Crippen LogP contribution in [-0.4, -0.2) is 31.8 Å². The zero-order valence-electron chi connectivity index (χ0n) is 11.4. The third-order valence-electron chi connectivity index (χ3n) is 3.35. The van der Waals surface area contributed by atoms with E-state index >= 15 is 0 Å². The first kappa shape index (κ1) is 15.1. The molecule has 0 radical (unpaired) electrons. The number of ether oxygens (including phenoxy) is 2. The number of halogens is 1. The van der Waals surface area contributed by atoms with E-state index in [1.54, 1.807) is 19.2 Å². The molecule has 1 fully saturated rings. The van der Waals surface area contributed by atoms with Crippen molar-refractivity contribution in [1.82, 2.24) is 5.32 Å². The summed E-state index contributed by atoms with van der Waals surface area (Å²) in [4.78, 5) is 12.0. The van der Waals surface area contributed by atoms with Gasteiger partial charge in [-0.1, -0.05) is 17.7 Å². The van der Waals surface area contributed by atoms with Crippen molar-refractivity contribution in [3.8, 4) is 5.75 Å². The summed E-state index contributed by atoms with van der Waals surface area (Å²) in [5, 5.41) is 3.37. The van der Waals surface area contributed by atoms with Crippen LogP contribution in [-0.2, 0) is 16.1 Å². The number of carbonyl (C=O) groups excluding carboxylic acids is 1. The van der Waals surface area contributed by atoms with Crippen LogP contribution in [0.4, 0.5) is 0 Å². The molecule has 1 aliphatic rings. The molecule has 5 nitrogen and oxygen atoms in total. The predicted octanol–water partition coefficient (Wildman–Crippen LogP) is 1.47. The second-order valence-corrected chi connectivity index (χ2v) is 5.15. The largest absolute Gasteiger partial charge is 0.495 e. The van der Waals surface area contributed by atoms with Crippen molar-refractivity contribution in [2.75, 3.05) is 13.7 Å². The van der Waals surface area contributed by atoms with Gasteiger partial charge in [-0.3, -0.25) is 4.79 Å². The third kappa shape index (κ3) is 3.62. The second-order valence-electron chi connectivity index (χ2n) is 4.75. The molecule has 0 aliphatic carbocycles. The van der Waals surface area contributed by atoms with Crippen LogP contribution in [0.1, 0.15) is 18.4 Å². The normalized spacial score (nSPS) is 21.8. The van der Waals surface area contributed by atoms with Gasteiger partial charge in [0.1, 0.15) is 11.9 Å². The topological polar surface area (TPSA) is 73.6 Å². The van der Waals surface area contributed by atoms with Gasteiger partial charge in [0.15, 0.2) is 0 Å². The van der Waals surface area contributed by atoms with Gasteiger partial charge in [0.25, 0.3) is 0 Å². The Morgan fingerprint density at radius 3 is 2.95 bits per heavy atom. The standard InChI is InChI=1S/C14H19ClN2O3/c1-19-12-4-2-9(6-11(12)15)8-17-14(18)13-5-3-10(7-16)20-13/h2,4,6,10,13H,3,5,7-8,16H2,1H3,(H,17,18)/t10-,13+/m1/s1. The molecule has 0 aromatic heterocycles. The SMILES string of the molecule is COc1ccc(CNC(=O)[C@@H]2CC[C@H](CN)O2)cc1Cl. The zero-order valence-corrected chi connectivity index (χ0v) is 12.2. The summed E-state index contributed by atoms with van der Waals surface area (Å²) in [5.41, 5.74) is 6.44. The lowest BCUT2D eigenvalue weighted by Gasteiger charge is -2.13. The van der Waals surface area contributed by atoms with E-state index in [2.05, 4.69) is 5.32 Å². The van der Waals surface area contributed by atoms with E-state index < -0.39 is 6.10 Å². The molecule has 0 bridgehead atoms. The smallest absolute Gasteiger partial charge is 0.249 e. The Labute approximate surface area is 123 Å². The fraction of sp³-hybridized carbons (Fsp3) is 0.500. The summed E-state index contributed by atoms with van der Waals surface area (Å²) < 4.78 is 10.6. The molecule has 3 N–H and O–H groups in total. The lowest BCUT2D eigenvalue weighted by atomic mass is 10.1. The monoisotopic (exact) mass is 298 g/mol. The van der Waals surface area contributed by atoms with E-state index in [0.29, 0.717) is 23.9 Å². The van der Waals surface area contributed by atoms with Crippen LogP contribution >= 0.6 is 11.6 Å². The van der Waals surface area contributed by atoms with Gasteiger partial charge in [-0.05, 0) is 30.5 Å². The molecule has 6 heteroatoms. The molecule has 1 aromatic rings. The molecule has 1 aromatic carbocycles. The number of nitrogens with one attached hydrogen (secondary N) is 1. The van der Waals surface area contributed by atoms with Crippen molar-refractivity contribution in [1.29, 1.82) is 0 Å². The fourth-order valence-corrected chi connectivity index (χ4v) is 2.48. The minimum Gasteiger partial charge on any atom is -0.495 e. The van der Waals surface area contributed by atoms with Crippen molar-refractivity contribution in [3.63, 3.8) is 0 Å². The van der Waals surface area contributed by atoms with Crippen LogP contribution in [0.15, 0.2) is 18.2 Å². The van der Waals surface area contributed by atoms with E-state index in [9.17, 15) is 4.79 Å². The summed E-state index contributed by atoms with van der Waals surface area (Å²) in [6, 6.07) is 5.42. The highest BCUT2D eigenvalue weighted by Crippen LogP contribution is 2.25. The van der Waals surface area contributed by atoms with Gasteiger partial charge < -0.3 is 20.5 Å². The van der Waals surface area contributed by atoms with Crippen LogP contribution in [0.2, 0.25) is 5.02 Å². The van der Waals surface area contributed by atoms with Crippen LogP contribution in [0.25, 0.3) is 0 Å². The molecular formula is C14H19ClN2O3. The summed E-state index contributed by atoms with van der Waals surface area (Å²) in [6.45, 7) is 0.869.